The molecule has 0 spiro atoms. The predicted octanol–water partition coefficient (Wildman–Crippen LogP) is 7.85. The molecule has 30 heavy (non-hydrogen) atoms. The Morgan fingerprint density at radius 2 is 1.43 bits per heavy atom. The highest BCUT2D eigenvalue weighted by Crippen LogP contribution is 2.44. The van der Waals surface area contributed by atoms with Gasteiger partial charge in [-0.25, -0.2) is 0 Å². The van der Waals surface area contributed by atoms with Gasteiger partial charge < -0.3 is 0 Å². The highest BCUT2D eigenvalue weighted by Gasteiger charge is 2.44. The average Bonchev–Trinajstić information content (AvgIpc) is 2.71. The summed E-state index contributed by atoms with van der Waals surface area (Å²) in [6.07, 6.45) is 6.90. The molecule has 3 rings (SSSR count). The van der Waals surface area contributed by atoms with Crippen molar-refractivity contribution in [3.8, 4) is 0 Å². The lowest BCUT2D eigenvalue weighted by molar-refractivity contribution is -0.310. The molecule has 0 aromatic heterocycles. The van der Waals surface area contributed by atoms with Gasteiger partial charge in [-0.15, -0.1) is 0 Å². The zero-order valence-corrected chi connectivity index (χ0v) is 19.9. The third-order valence-electron chi connectivity index (χ3n) is 6.99. The summed E-state index contributed by atoms with van der Waals surface area (Å²) in [7, 11) is 0. The molecule has 1 aliphatic heterocycles. The van der Waals surface area contributed by atoms with E-state index in [-0.39, 0.29) is 22.6 Å². The first-order valence-electron chi connectivity index (χ1n) is 11.8. The number of hydrogen-bond acceptors (Lipinski definition) is 2. The van der Waals surface area contributed by atoms with E-state index in [1.807, 2.05) is 0 Å². The summed E-state index contributed by atoms with van der Waals surface area (Å²) in [6.45, 7) is 14.0. The SMILES string of the molecule is CCCC(C)(CC(ON1C(C)(C)CCCC1(C)C)c1ccccc1)c1ccccc1. The molecule has 2 aromatic carbocycles. The summed E-state index contributed by atoms with van der Waals surface area (Å²) < 4.78 is 0. The molecule has 2 atom stereocenters. The van der Waals surface area contributed by atoms with E-state index in [9.17, 15) is 0 Å². The second-order valence-corrected chi connectivity index (χ2v) is 10.7. The van der Waals surface area contributed by atoms with Gasteiger partial charge in [-0.2, -0.15) is 5.06 Å². The lowest BCUT2D eigenvalue weighted by Crippen LogP contribution is -2.58. The molecule has 0 saturated carbocycles. The van der Waals surface area contributed by atoms with E-state index < -0.39 is 0 Å². The van der Waals surface area contributed by atoms with Crippen LogP contribution in [0.5, 0.6) is 0 Å². The van der Waals surface area contributed by atoms with E-state index in [0.29, 0.717) is 0 Å². The van der Waals surface area contributed by atoms with Crippen LogP contribution in [0.3, 0.4) is 0 Å². The molecule has 0 amide bonds. The van der Waals surface area contributed by atoms with Crippen molar-refractivity contribution in [2.24, 2.45) is 0 Å². The Morgan fingerprint density at radius 3 is 1.97 bits per heavy atom. The molecule has 1 fully saturated rings. The van der Waals surface area contributed by atoms with Gasteiger partial charge in [0.2, 0.25) is 0 Å². The molecule has 2 unspecified atom stereocenters. The van der Waals surface area contributed by atoms with Crippen LogP contribution in [0.4, 0.5) is 0 Å². The molecule has 0 N–H and O–H groups in total. The topological polar surface area (TPSA) is 12.5 Å². The zero-order valence-electron chi connectivity index (χ0n) is 19.9. The predicted molar refractivity (Wildman–Crippen MR) is 127 cm³/mol. The summed E-state index contributed by atoms with van der Waals surface area (Å²) in [6, 6.07) is 21.8. The fourth-order valence-electron chi connectivity index (χ4n) is 5.44. The second-order valence-electron chi connectivity index (χ2n) is 10.7. The van der Waals surface area contributed by atoms with E-state index >= 15 is 0 Å². The van der Waals surface area contributed by atoms with Crippen LogP contribution in [0.2, 0.25) is 0 Å². The maximum absolute atomic E-state index is 7.00. The molecule has 0 radical (unpaired) electrons. The van der Waals surface area contributed by atoms with E-state index in [1.165, 1.54) is 30.4 Å². The van der Waals surface area contributed by atoms with Crippen molar-refractivity contribution in [3.63, 3.8) is 0 Å². The van der Waals surface area contributed by atoms with Crippen molar-refractivity contribution in [2.45, 2.75) is 103 Å². The van der Waals surface area contributed by atoms with E-state index in [4.69, 9.17) is 4.84 Å². The van der Waals surface area contributed by atoms with Gasteiger partial charge in [-0.3, -0.25) is 4.84 Å². The Balaban J connectivity index is 1.97. The normalized spacial score (nSPS) is 21.7. The van der Waals surface area contributed by atoms with Crippen molar-refractivity contribution < 1.29 is 4.84 Å². The monoisotopic (exact) mass is 407 g/mol. The van der Waals surface area contributed by atoms with Gasteiger partial charge in [0.15, 0.2) is 0 Å². The molecule has 164 valence electrons. The van der Waals surface area contributed by atoms with Crippen molar-refractivity contribution in [1.82, 2.24) is 5.06 Å². The lowest BCUT2D eigenvalue weighted by Gasteiger charge is -2.53. The van der Waals surface area contributed by atoms with Gasteiger partial charge in [-0.1, -0.05) is 80.9 Å². The van der Waals surface area contributed by atoms with Crippen LogP contribution in [-0.2, 0) is 10.3 Å². The van der Waals surface area contributed by atoms with Gasteiger partial charge in [0.1, 0.15) is 6.10 Å². The Bertz CT molecular complexity index is 767. The Labute approximate surface area is 184 Å². The molecule has 0 aliphatic carbocycles. The first-order chi connectivity index (χ1) is 14.2. The first kappa shape index (κ1) is 23.0. The molecule has 0 bridgehead atoms. The summed E-state index contributed by atoms with van der Waals surface area (Å²) in [5, 5.41) is 2.33. The molecule has 1 heterocycles. The number of nitrogens with zero attached hydrogens (tertiary/aromatic N) is 1. The Hall–Kier alpha value is -1.64. The first-order valence-corrected chi connectivity index (χ1v) is 11.8. The maximum atomic E-state index is 7.00. The maximum Gasteiger partial charge on any atom is 0.105 e. The summed E-state index contributed by atoms with van der Waals surface area (Å²) in [5.41, 5.74) is 2.81. The molecular formula is C28H41NO. The van der Waals surface area contributed by atoms with Gasteiger partial charge in [0, 0.05) is 11.1 Å². The summed E-state index contributed by atoms with van der Waals surface area (Å²) in [4.78, 5) is 7.00. The van der Waals surface area contributed by atoms with Gasteiger partial charge in [-0.05, 0) is 76.3 Å². The quantitative estimate of drug-likeness (QED) is 0.442. The number of rotatable bonds is 8. The van der Waals surface area contributed by atoms with Gasteiger partial charge in [0.25, 0.3) is 0 Å². The number of piperidine rings is 1. The summed E-state index contributed by atoms with van der Waals surface area (Å²) in [5.74, 6) is 0. The Kier molecular flexibility index (Phi) is 7.09. The minimum Gasteiger partial charge on any atom is -0.290 e. The summed E-state index contributed by atoms with van der Waals surface area (Å²) >= 11 is 0. The van der Waals surface area contributed by atoms with Crippen molar-refractivity contribution in [1.29, 1.82) is 0 Å². The Morgan fingerprint density at radius 1 is 0.900 bits per heavy atom. The van der Waals surface area contributed by atoms with Crippen molar-refractivity contribution in [2.75, 3.05) is 0 Å². The van der Waals surface area contributed by atoms with Crippen LogP contribution in [0.25, 0.3) is 0 Å². The van der Waals surface area contributed by atoms with Crippen LogP contribution in [0.15, 0.2) is 60.7 Å². The van der Waals surface area contributed by atoms with Crippen LogP contribution in [-0.4, -0.2) is 16.1 Å². The van der Waals surface area contributed by atoms with Gasteiger partial charge >= 0.3 is 0 Å². The zero-order chi connectivity index (χ0) is 21.8. The number of hydroxylamine groups is 2. The largest absolute Gasteiger partial charge is 0.290 e. The van der Waals surface area contributed by atoms with E-state index in [1.54, 1.807) is 0 Å². The fraction of sp³-hybridized carbons (Fsp3) is 0.571. The second kappa shape index (κ2) is 9.24. The van der Waals surface area contributed by atoms with Crippen molar-refractivity contribution in [3.05, 3.63) is 71.8 Å². The molecule has 2 aromatic rings. The number of benzene rings is 2. The molecule has 2 nitrogen and oxygen atoms in total. The van der Waals surface area contributed by atoms with E-state index in [2.05, 4.69) is 107 Å². The van der Waals surface area contributed by atoms with Crippen LogP contribution in [0, 0.1) is 0 Å². The molecule has 2 heteroatoms. The highest BCUT2D eigenvalue weighted by atomic mass is 16.7. The molecular weight excluding hydrogens is 366 g/mol. The third-order valence-corrected chi connectivity index (χ3v) is 6.99. The van der Waals surface area contributed by atoms with Crippen LogP contribution in [0.1, 0.15) is 97.3 Å². The van der Waals surface area contributed by atoms with E-state index in [0.717, 1.165) is 19.3 Å². The highest BCUT2D eigenvalue weighted by molar-refractivity contribution is 5.26. The molecule has 1 saturated heterocycles. The fourth-order valence-corrected chi connectivity index (χ4v) is 5.44. The smallest absolute Gasteiger partial charge is 0.105 e. The third kappa shape index (κ3) is 5.15. The molecule has 1 aliphatic rings. The standard InChI is InChI=1S/C28H41NO/c1-7-19-28(6,24-17-12-9-13-18-24)22-25(23-15-10-8-11-16-23)30-29-26(2,3)20-14-21-27(29,4)5/h8-13,15-18,25H,7,14,19-22H2,1-6H3. The van der Waals surface area contributed by atoms with Gasteiger partial charge in [0.05, 0.1) is 0 Å². The van der Waals surface area contributed by atoms with Crippen LogP contribution < -0.4 is 0 Å². The average molecular weight is 408 g/mol. The minimum atomic E-state index is 0.0274. The lowest BCUT2D eigenvalue weighted by atomic mass is 9.73. The van der Waals surface area contributed by atoms with Crippen molar-refractivity contribution >= 4 is 0 Å². The minimum absolute atomic E-state index is 0.0274. The van der Waals surface area contributed by atoms with Crippen LogP contribution >= 0.6 is 0 Å². The number of hydrogen-bond donors (Lipinski definition) is 0.